The lowest BCUT2D eigenvalue weighted by Crippen LogP contribution is -2.33. The molecule has 16 heavy (non-hydrogen) atoms. The van der Waals surface area contributed by atoms with Crippen molar-refractivity contribution in [1.29, 1.82) is 5.26 Å². The summed E-state index contributed by atoms with van der Waals surface area (Å²) in [7, 11) is -2.18. The van der Waals surface area contributed by atoms with Crippen LogP contribution in [0, 0.1) is 11.3 Å². The Morgan fingerprint density at radius 3 is 2.56 bits per heavy atom. The Morgan fingerprint density at radius 2 is 2.12 bits per heavy atom. The Hall–Kier alpha value is -1.13. The van der Waals surface area contributed by atoms with Crippen molar-refractivity contribution in [3.8, 4) is 6.07 Å². The van der Waals surface area contributed by atoms with E-state index in [1.54, 1.807) is 13.0 Å². The zero-order valence-electron chi connectivity index (χ0n) is 9.47. The fraction of sp³-hybridized carbons (Fsp3) is 0.778. The molecular formula is C9H16N2O4S. The number of ether oxygens (including phenoxy) is 1. The highest BCUT2D eigenvalue weighted by Gasteiger charge is 2.19. The molecule has 0 radical (unpaired) electrons. The molecule has 0 rings (SSSR count). The van der Waals surface area contributed by atoms with Crippen LogP contribution >= 0.6 is 0 Å². The van der Waals surface area contributed by atoms with Crippen LogP contribution in [0.4, 0.5) is 0 Å². The predicted molar refractivity (Wildman–Crippen MR) is 57.9 cm³/mol. The van der Waals surface area contributed by atoms with E-state index in [1.807, 2.05) is 0 Å². The van der Waals surface area contributed by atoms with Gasteiger partial charge in [0, 0.05) is 13.0 Å². The molecule has 0 N–H and O–H groups in total. The SMILES string of the molecule is CCN(CC#N)S(=O)(=O)CCCC(=O)OC. The Balaban J connectivity index is 4.24. The van der Waals surface area contributed by atoms with Gasteiger partial charge in [-0.25, -0.2) is 8.42 Å². The van der Waals surface area contributed by atoms with Crippen molar-refractivity contribution in [2.75, 3.05) is 26.0 Å². The largest absolute Gasteiger partial charge is 0.469 e. The van der Waals surface area contributed by atoms with E-state index in [1.165, 1.54) is 7.11 Å². The number of sulfonamides is 1. The Morgan fingerprint density at radius 1 is 1.50 bits per heavy atom. The van der Waals surface area contributed by atoms with E-state index in [4.69, 9.17) is 5.26 Å². The minimum Gasteiger partial charge on any atom is -0.469 e. The summed E-state index contributed by atoms with van der Waals surface area (Å²) < 4.78 is 28.8. The van der Waals surface area contributed by atoms with Gasteiger partial charge in [-0.3, -0.25) is 4.79 Å². The first-order valence-corrected chi connectivity index (χ1v) is 6.50. The van der Waals surface area contributed by atoms with Crippen molar-refractivity contribution < 1.29 is 17.9 Å². The number of carbonyl (C=O) groups excluding carboxylic acids is 1. The molecule has 0 aromatic carbocycles. The Labute approximate surface area is 95.8 Å². The molecule has 0 atom stereocenters. The average Bonchev–Trinajstić information content (AvgIpc) is 2.24. The van der Waals surface area contributed by atoms with Crippen LogP contribution in [0.25, 0.3) is 0 Å². The molecule has 6 nitrogen and oxygen atoms in total. The van der Waals surface area contributed by atoms with Gasteiger partial charge >= 0.3 is 5.97 Å². The van der Waals surface area contributed by atoms with Crippen LogP contribution in [0.2, 0.25) is 0 Å². The summed E-state index contributed by atoms with van der Waals surface area (Å²) in [5.41, 5.74) is 0. The molecule has 92 valence electrons. The van der Waals surface area contributed by atoms with Crippen LogP contribution in [-0.4, -0.2) is 44.6 Å². The van der Waals surface area contributed by atoms with Gasteiger partial charge in [-0.15, -0.1) is 0 Å². The van der Waals surface area contributed by atoms with E-state index in [0.717, 1.165) is 4.31 Å². The van der Waals surface area contributed by atoms with Gasteiger partial charge in [0.05, 0.1) is 18.9 Å². The van der Waals surface area contributed by atoms with Crippen molar-refractivity contribution in [3.63, 3.8) is 0 Å². The van der Waals surface area contributed by atoms with Gasteiger partial charge in [-0.1, -0.05) is 6.92 Å². The molecule has 0 saturated carbocycles. The second-order valence-corrected chi connectivity index (χ2v) is 5.17. The van der Waals surface area contributed by atoms with Crippen molar-refractivity contribution in [1.82, 2.24) is 4.31 Å². The van der Waals surface area contributed by atoms with Gasteiger partial charge in [0.2, 0.25) is 10.0 Å². The van der Waals surface area contributed by atoms with Crippen molar-refractivity contribution >= 4 is 16.0 Å². The van der Waals surface area contributed by atoms with E-state index in [9.17, 15) is 13.2 Å². The molecule has 0 fully saturated rings. The summed E-state index contributed by atoms with van der Waals surface area (Å²) in [6.45, 7) is 1.76. The van der Waals surface area contributed by atoms with Crippen LogP contribution in [-0.2, 0) is 19.6 Å². The summed E-state index contributed by atoms with van der Waals surface area (Å²) in [4.78, 5) is 10.8. The highest BCUT2D eigenvalue weighted by atomic mass is 32.2. The lowest BCUT2D eigenvalue weighted by molar-refractivity contribution is -0.140. The summed E-state index contributed by atoms with van der Waals surface area (Å²) in [5, 5.41) is 8.45. The van der Waals surface area contributed by atoms with E-state index < -0.39 is 16.0 Å². The van der Waals surface area contributed by atoms with Crippen LogP contribution in [0.5, 0.6) is 0 Å². The first-order valence-electron chi connectivity index (χ1n) is 4.89. The lowest BCUT2D eigenvalue weighted by atomic mass is 10.3. The number of methoxy groups -OCH3 is 1. The van der Waals surface area contributed by atoms with Gasteiger partial charge in [-0.05, 0) is 6.42 Å². The number of nitriles is 1. The van der Waals surface area contributed by atoms with Crippen LogP contribution in [0.1, 0.15) is 19.8 Å². The highest BCUT2D eigenvalue weighted by Crippen LogP contribution is 2.04. The lowest BCUT2D eigenvalue weighted by Gasteiger charge is -2.16. The summed E-state index contributed by atoms with van der Waals surface area (Å²) in [6.07, 6.45) is 0.275. The second kappa shape index (κ2) is 7.19. The molecule has 0 aliphatic heterocycles. The van der Waals surface area contributed by atoms with Crippen molar-refractivity contribution in [3.05, 3.63) is 0 Å². The first-order chi connectivity index (χ1) is 7.47. The zero-order chi connectivity index (χ0) is 12.6. The van der Waals surface area contributed by atoms with Crippen molar-refractivity contribution in [2.45, 2.75) is 19.8 Å². The molecule has 0 aliphatic carbocycles. The van der Waals surface area contributed by atoms with E-state index in [-0.39, 0.29) is 31.7 Å². The summed E-state index contributed by atoms with van der Waals surface area (Å²) in [6, 6.07) is 1.79. The Bertz CT molecular complexity index is 358. The minimum absolute atomic E-state index is 0.0693. The number of esters is 1. The normalized spacial score (nSPS) is 11.1. The maximum atomic E-state index is 11.6. The number of rotatable bonds is 7. The Kier molecular flexibility index (Phi) is 6.69. The standard InChI is InChI=1S/C9H16N2O4S/c1-3-11(7-6-10)16(13,14)8-4-5-9(12)15-2/h3-5,7-8H2,1-2H3. The predicted octanol–water partition coefficient (Wildman–Crippen LogP) is 0.115. The van der Waals surface area contributed by atoms with Gasteiger partial charge in [0.25, 0.3) is 0 Å². The van der Waals surface area contributed by atoms with Gasteiger partial charge in [-0.2, -0.15) is 9.57 Å². The third kappa shape index (κ3) is 5.09. The minimum atomic E-state index is -3.44. The first kappa shape index (κ1) is 14.9. The van der Waals surface area contributed by atoms with Gasteiger partial charge in [0.15, 0.2) is 0 Å². The summed E-state index contributed by atoms with van der Waals surface area (Å²) >= 11 is 0. The zero-order valence-corrected chi connectivity index (χ0v) is 10.3. The van der Waals surface area contributed by atoms with Gasteiger partial charge in [0.1, 0.15) is 6.54 Å². The molecule has 0 aliphatic rings. The maximum Gasteiger partial charge on any atom is 0.305 e. The maximum absolute atomic E-state index is 11.6. The molecule has 0 amide bonds. The molecule has 0 unspecified atom stereocenters. The molecular weight excluding hydrogens is 232 g/mol. The van der Waals surface area contributed by atoms with E-state index >= 15 is 0 Å². The quantitative estimate of drug-likeness (QED) is 0.471. The second-order valence-electron chi connectivity index (χ2n) is 3.08. The number of nitrogens with zero attached hydrogens (tertiary/aromatic N) is 2. The monoisotopic (exact) mass is 248 g/mol. The smallest absolute Gasteiger partial charge is 0.305 e. The fourth-order valence-electron chi connectivity index (χ4n) is 1.12. The molecule has 0 heterocycles. The molecule has 0 aromatic rings. The van der Waals surface area contributed by atoms with E-state index in [2.05, 4.69) is 4.74 Å². The summed E-state index contributed by atoms with van der Waals surface area (Å²) in [5.74, 6) is -0.573. The third-order valence-corrected chi connectivity index (χ3v) is 3.98. The molecule has 0 spiro atoms. The number of hydrogen-bond donors (Lipinski definition) is 0. The topological polar surface area (TPSA) is 87.5 Å². The third-order valence-electron chi connectivity index (χ3n) is 2.00. The highest BCUT2D eigenvalue weighted by molar-refractivity contribution is 7.89. The fourth-order valence-corrected chi connectivity index (χ4v) is 2.53. The number of carbonyl (C=O) groups is 1. The van der Waals surface area contributed by atoms with Crippen LogP contribution in [0.15, 0.2) is 0 Å². The van der Waals surface area contributed by atoms with Gasteiger partial charge < -0.3 is 4.74 Å². The molecule has 0 aromatic heterocycles. The molecule has 7 heteroatoms. The molecule has 0 saturated heterocycles. The van der Waals surface area contributed by atoms with Crippen LogP contribution in [0.3, 0.4) is 0 Å². The van der Waals surface area contributed by atoms with Crippen molar-refractivity contribution in [2.24, 2.45) is 0 Å². The number of hydrogen-bond acceptors (Lipinski definition) is 5. The van der Waals surface area contributed by atoms with Crippen LogP contribution < -0.4 is 0 Å². The van der Waals surface area contributed by atoms with E-state index in [0.29, 0.717) is 0 Å². The molecule has 0 bridgehead atoms. The average molecular weight is 248 g/mol.